The zero-order chi connectivity index (χ0) is 11.0. The molecule has 0 fully saturated rings. The minimum absolute atomic E-state index is 0.0503. The predicted octanol–water partition coefficient (Wildman–Crippen LogP) is 2.25. The Hall–Kier alpha value is -1.55. The van der Waals surface area contributed by atoms with Crippen LogP contribution in [0.3, 0.4) is 0 Å². The van der Waals surface area contributed by atoms with Gasteiger partial charge >= 0.3 is 5.97 Å². The summed E-state index contributed by atoms with van der Waals surface area (Å²) in [5, 5.41) is 9.47. The molecule has 2 aromatic rings. The van der Waals surface area contributed by atoms with Crippen LogP contribution in [0.5, 0.6) is 0 Å². The summed E-state index contributed by atoms with van der Waals surface area (Å²) in [6.07, 6.45) is 2.41. The number of aryl methyl sites for hydroxylation is 1. The zero-order valence-corrected chi connectivity index (χ0v) is 8.82. The van der Waals surface area contributed by atoms with E-state index in [0.29, 0.717) is 17.0 Å². The fraction of sp³-hybridized carbons (Fsp3) is 0.200. The fourth-order valence-corrected chi connectivity index (χ4v) is 1.69. The Morgan fingerprint density at radius 1 is 1.67 bits per heavy atom. The number of pyridine rings is 1. The molecule has 78 valence electrons. The lowest BCUT2D eigenvalue weighted by Gasteiger charge is -1.97. The Labute approximate surface area is 91.1 Å². The van der Waals surface area contributed by atoms with Crippen LogP contribution in [0.1, 0.15) is 23.2 Å². The standard InChI is InChI=1S/C10H9ClN2O2/c1-2-8-12-9(10(14)15)7-5-6(11)3-4-13(7)8/h3-5H,2H2,1H3,(H,14,15). The van der Waals surface area contributed by atoms with Crippen molar-refractivity contribution in [2.75, 3.05) is 0 Å². The molecule has 4 nitrogen and oxygen atoms in total. The molecule has 5 heteroatoms. The number of carboxylic acids is 1. The Kier molecular flexibility index (Phi) is 2.36. The van der Waals surface area contributed by atoms with Crippen molar-refractivity contribution >= 4 is 23.1 Å². The first-order valence-electron chi connectivity index (χ1n) is 4.53. The van der Waals surface area contributed by atoms with Crippen LogP contribution in [-0.4, -0.2) is 20.5 Å². The van der Waals surface area contributed by atoms with Gasteiger partial charge in [0.15, 0.2) is 5.69 Å². The summed E-state index contributed by atoms with van der Waals surface area (Å²) >= 11 is 5.81. The lowest BCUT2D eigenvalue weighted by atomic mass is 10.3. The normalized spacial score (nSPS) is 10.8. The molecule has 0 saturated carbocycles. The molecule has 2 rings (SSSR count). The van der Waals surface area contributed by atoms with Crippen molar-refractivity contribution in [3.63, 3.8) is 0 Å². The summed E-state index contributed by atoms with van der Waals surface area (Å²) in [6.45, 7) is 1.93. The average Bonchev–Trinajstić information content (AvgIpc) is 2.55. The highest BCUT2D eigenvalue weighted by atomic mass is 35.5. The van der Waals surface area contributed by atoms with Gasteiger partial charge in [-0.2, -0.15) is 0 Å². The molecule has 1 N–H and O–H groups in total. The third kappa shape index (κ3) is 1.57. The van der Waals surface area contributed by atoms with Crippen LogP contribution in [0, 0.1) is 0 Å². The van der Waals surface area contributed by atoms with Crippen molar-refractivity contribution in [1.29, 1.82) is 0 Å². The van der Waals surface area contributed by atoms with Gasteiger partial charge in [0.1, 0.15) is 5.82 Å². The molecule has 0 saturated heterocycles. The second-order valence-corrected chi connectivity index (χ2v) is 3.57. The number of fused-ring (bicyclic) bond motifs is 1. The van der Waals surface area contributed by atoms with Crippen molar-refractivity contribution in [1.82, 2.24) is 9.38 Å². The van der Waals surface area contributed by atoms with Crippen molar-refractivity contribution in [2.45, 2.75) is 13.3 Å². The summed E-state index contributed by atoms with van der Waals surface area (Å²) in [5.41, 5.74) is 0.584. The fourth-order valence-electron chi connectivity index (χ4n) is 1.53. The van der Waals surface area contributed by atoms with Crippen LogP contribution in [-0.2, 0) is 6.42 Å². The molecule has 0 atom stereocenters. The number of imidazole rings is 1. The van der Waals surface area contributed by atoms with Gasteiger partial charge in [-0.15, -0.1) is 0 Å². The molecule has 0 aliphatic rings. The van der Waals surface area contributed by atoms with E-state index < -0.39 is 5.97 Å². The molecule has 0 spiro atoms. The number of halogens is 1. The van der Waals surface area contributed by atoms with E-state index in [-0.39, 0.29) is 5.69 Å². The summed E-state index contributed by atoms with van der Waals surface area (Å²) in [5.74, 6) is -0.312. The SMILES string of the molecule is CCc1nc(C(=O)O)c2cc(Cl)ccn12. The minimum Gasteiger partial charge on any atom is -0.476 e. The van der Waals surface area contributed by atoms with Crippen molar-refractivity contribution in [3.05, 3.63) is 34.9 Å². The van der Waals surface area contributed by atoms with E-state index >= 15 is 0 Å². The molecule has 2 heterocycles. The van der Waals surface area contributed by atoms with E-state index in [4.69, 9.17) is 16.7 Å². The minimum atomic E-state index is -1.03. The summed E-state index contributed by atoms with van der Waals surface area (Å²) in [6, 6.07) is 3.32. The number of hydrogen-bond donors (Lipinski definition) is 1. The monoisotopic (exact) mass is 224 g/mol. The van der Waals surface area contributed by atoms with Crippen LogP contribution >= 0.6 is 11.6 Å². The number of carboxylic acid groups (broad SMARTS) is 1. The summed E-state index contributed by atoms with van der Waals surface area (Å²) in [7, 11) is 0. The smallest absolute Gasteiger partial charge is 0.356 e. The second kappa shape index (κ2) is 3.55. The van der Waals surface area contributed by atoms with Gasteiger partial charge in [-0.1, -0.05) is 18.5 Å². The van der Waals surface area contributed by atoms with Crippen LogP contribution in [0.4, 0.5) is 0 Å². The maximum absolute atomic E-state index is 10.9. The number of carbonyl (C=O) groups is 1. The zero-order valence-electron chi connectivity index (χ0n) is 8.07. The topological polar surface area (TPSA) is 54.6 Å². The lowest BCUT2D eigenvalue weighted by Crippen LogP contribution is -1.97. The Morgan fingerprint density at radius 3 is 3.00 bits per heavy atom. The van der Waals surface area contributed by atoms with E-state index in [1.54, 1.807) is 22.7 Å². The Bertz CT molecular complexity index is 533. The highest BCUT2D eigenvalue weighted by Gasteiger charge is 2.15. The summed E-state index contributed by atoms with van der Waals surface area (Å²) < 4.78 is 1.75. The lowest BCUT2D eigenvalue weighted by molar-refractivity contribution is 0.0693. The van der Waals surface area contributed by atoms with Gasteiger partial charge in [-0.25, -0.2) is 9.78 Å². The number of aromatic nitrogens is 2. The molecule has 0 radical (unpaired) electrons. The van der Waals surface area contributed by atoms with E-state index in [1.165, 1.54) is 0 Å². The van der Waals surface area contributed by atoms with Gasteiger partial charge in [0.25, 0.3) is 0 Å². The molecule has 0 amide bonds. The third-order valence-corrected chi connectivity index (χ3v) is 2.43. The predicted molar refractivity (Wildman–Crippen MR) is 56.5 cm³/mol. The molecular weight excluding hydrogens is 216 g/mol. The van der Waals surface area contributed by atoms with Crippen LogP contribution in [0.2, 0.25) is 5.02 Å². The number of aromatic carboxylic acids is 1. The molecule has 0 aliphatic heterocycles. The molecule has 0 aromatic carbocycles. The van der Waals surface area contributed by atoms with Gasteiger partial charge in [-0.3, -0.25) is 0 Å². The molecule has 15 heavy (non-hydrogen) atoms. The maximum Gasteiger partial charge on any atom is 0.356 e. The van der Waals surface area contributed by atoms with Gasteiger partial charge in [-0.05, 0) is 12.1 Å². The molecule has 2 aromatic heterocycles. The maximum atomic E-state index is 10.9. The molecule has 0 bridgehead atoms. The van der Waals surface area contributed by atoms with E-state index in [2.05, 4.69) is 4.98 Å². The first-order valence-corrected chi connectivity index (χ1v) is 4.91. The van der Waals surface area contributed by atoms with Gasteiger partial charge in [0, 0.05) is 17.6 Å². The largest absolute Gasteiger partial charge is 0.476 e. The van der Waals surface area contributed by atoms with Gasteiger partial charge in [0.05, 0.1) is 5.52 Å². The van der Waals surface area contributed by atoms with Gasteiger partial charge in [0.2, 0.25) is 0 Å². The second-order valence-electron chi connectivity index (χ2n) is 3.14. The molecule has 0 aliphatic carbocycles. The molecule has 0 unspecified atom stereocenters. The first kappa shape index (κ1) is 9.98. The Balaban J connectivity index is 2.81. The number of rotatable bonds is 2. The summed E-state index contributed by atoms with van der Waals surface area (Å²) in [4.78, 5) is 15.0. The third-order valence-electron chi connectivity index (χ3n) is 2.20. The average molecular weight is 225 g/mol. The van der Waals surface area contributed by atoms with E-state index in [1.807, 2.05) is 6.92 Å². The highest BCUT2D eigenvalue weighted by molar-refractivity contribution is 6.31. The Morgan fingerprint density at radius 2 is 2.40 bits per heavy atom. The highest BCUT2D eigenvalue weighted by Crippen LogP contribution is 2.18. The number of hydrogen-bond acceptors (Lipinski definition) is 2. The number of nitrogens with zero attached hydrogens (tertiary/aromatic N) is 2. The molecular formula is C10H9ClN2O2. The van der Waals surface area contributed by atoms with Crippen molar-refractivity contribution in [2.24, 2.45) is 0 Å². The van der Waals surface area contributed by atoms with Crippen LogP contribution < -0.4 is 0 Å². The van der Waals surface area contributed by atoms with Crippen molar-refractivity contribution < 1.29 is 9.90 Å². The van der Waals surface area contributed by atoms with E-state index in [9.17, 15) is 4.79 Å². The first-order chi connectivity index (χ1) is 7.13. The van der Waals surface area contributed by atoms with E-state index in [0.717, 1.165) is 5.82 Å². The van der Waals surface area contributed by atoms with Crippen LogP contribution in [0.15, 0.2) is 18.3 Å². The quantitative estimate of drug-likeness (QED) is 0.851. The van der Waals surface area contributed by atoms with Crippen LogP contribution in [0.25, 0.3) is 5.52 Å². The van der Waals surface area contributed by atoms with Crippen molar-refractivity contribution in [3.8, 4) is 0 Å². The van der Waals surface area contributed by atoms with Gasteiger partial charge < -0.3 is 9.51 Å².